The van der Waals surface area contributed by atoms with Crippen LogP contribution in [-0.2, 0) is 20.9 Å². The number of amides is 1. The number of ether oxygens (including phenoxy) is 1. The summed E-state index contributed by atoms with van der Waals surface area (Å²) in [5, 5.41) is 2.76. The summed E-state index contributed by atoms with van der Waals surface area (Å²) >= 11 is 0. The summed E-state index contributed by atoms with van der Waals surface area (Å²) in [4.78, 5) is 35.4. The molecule has 116 valence electrons. The lowest BCUT2D eigenvalue weighted by atomic mass is 10.3. The maximum atomic E-state index is 11.9. The minimum atomic E-state index is -0.887. The van der Waals surface area contributed by atoms with Gasteiger partial charge in [-0.2, -0.15) is 0 Å². The molecule has 22 heavy (non-hydrogen) atoms. The Kier molecular flexibility index (Phi) is 3.70. The minimum Gasteiger partial charge on any atom is -0.451 e. The van der Waals surface area contributed by atoms with E-state index in [0.717, 1.165) is 12.8 Å². The molecule has 1 aromatic carbocycles. The maximum absolute atomic E-state index is 11.9. The van der Waals surface area contributed by atoms with Gasteiger partial charge in [0.25, 0.3) is 5.91 Å². The van der Waals surface area contributed by atoms with E-state index in [2.05, 4.69) is 5.32 Å². The Labute approximate surface area is 125 Å². The molecule has 7 heteroatoms. The number of rotatable bonds is 5. The lowest BCUT2D eigenvalue weighted by Crippen LogP contribution is -2.38. The molecular weight excluding hydrogens is 288 g/mol. The van der Waals surface area contributed by atoms with E-state index in [1.165, 1.54) is 11.5 Å². The summed E-state index contributed by atoms with van der Waals surface area (Å²) in [6, 6.07) is 7.00. The summed E-state index contributed by atoms with van der Waals surface area (Å²) in [5.74, 6) is -1.61. The van der Waals surface area contributed by atoms with Crippen LogP contribution >= 0.6 is 0 Å². The molecule has 0 saturated heterocycles. The summed E-state index contributed by atoms with van der Waals surface area (Å²) in [5.41, 5.74) is 0.916. The summed E-state index contributed by atoms with van der Waals surface area (Å²) < 4.78 is 11.3. The quantitative estimate of drug-likeness (QED) is 0.825. The zero-order valence-corrected chi connectivity index (χ0v) is 12.1. The Morgan fingerprint density at radius 3 is 2.86 bits per heavy atom. The molecule has 1 fully saturated rings. The molecule has 3 rings (SSSR count). The van der Waals surface area contributed by atoms with E-state index in [-0.39, 0.29) is 18.5 Å². The highest BCUT2D eigenvalue weighted by molar-refractivity contribution is 5.84. The second kappa shape index (κ2) is 5.67. The van der Waals surface area contributed by atoms with E-state index in [9.17, 15) is 14.4 Å². The number of oxazole rings is 1. The van der Waals surface area contributed by atoms with Crippen molar-refractivity contribution < 1.29 is 18.7 Å². The third kappa shape index (κ3) is 3.03. The molecule has 0 bridgehead atoms. The van der Waals surface area contributed by atoms with E-state index < -0.39 is 17.8 Å². The van der Waals surface area contributed by atoms with E-state index in [0.29, 0.717) is 11.1 Å². The van der Waals surface area contributed by atoms with Gasteiger partial charge in [0, 0.05) is 6.04 Å². The van der Waals surface area contributed by atoms with E-state index in [4.69, 9.17) is 9.15 Å². The molecule has 1 aliphatic rings. The molecule has 1 atom stereocenters. The molecule has 1 N–H and O–H groups in total. The lowest BCUT2D eigenvalue weighted by molar-refractivity contribution is -0.155. The highest BCUT2D eigenvalue weighted by Crippen LogP contribution is 2.18. The zero-order valence-electron chi connectivity index (χ0n) is 12.1. The molecule has 0 aliphatic heterocycles. The predicted octanol–water partition coefficient (Wildman–Crippen LogP) is 0.805. The van der Waals surface area contributed by atoms with Crippen LogP contribution in [0.5, 0.6) is 0 Å². The van der Waals surface area contributed by atoms with Crippen molar-refractivity contribution in [3.63, 3.8) is 0 Å². The molecule has 1 aromatic heterocycles. The van der Waals surface area contributed by atoms with Gasteiger partial charge < -0.3 is 14.5 Å². The highest BCUT2D eigenvalue weighted by atomic mass is 16.5. The van der Waals surface area contributed by atoms with Gasteiger partial charge in [0.05, 0.1) is 5.52 Å². The van der Waals surface area contributed by atoms with Crippen molar-refractivity contribution in [1.82, 2.24) is 9.88 Å². The predicted molar refractivity (Wildman–Crippen MR) is 77.2 cm³/mol. The number of esters is 1. The second-order valence-electron chi connectivity index (χ2n) is 5.34. The summed E-state index contributed by atoms with van der Waals surface area (Å²) in [7, 11) is 0. The maximum Gasteiger partial charge on any atom is 0.420 e. The summed E-state index contributed by atoms with van der Waals surface area (Å²) in [6.45, 7) is 1.21. The van der Waals surface area contributed by atoms with Gasteiger partial charge in [-0.15, -0.1) is 0 Å². The topological polar surface area (TPSA) is 90.5 Å². The first kappa shape index (κ1) is 14.4. The number of nitrogens with zero attached hydrogens (tertiary/aromatic N) is 1. The largest absolute Gasteiger partial charge is 0.451 e. The fourth-order valence-electron chi connectivity index (χ4n) is 2.13. The number of benzene rings is 1. The summed E-state index contributed by atoms with van der Waals surface area (Å²) in [6.07, 6.45) is 1.04. The normalized spacial score (nSPS) is 15.5. The van der Waals surface area contributed by atoms with Crippen LogP contribution in [0, 0.1) is 0 Å². The minimum absolute atomic E-state index is 0.203. The van der Waals surface area contributed by atoms with Gasteiger partial charge in [0.2, 0.25) is 0 Å². The van der Waals surface area contributed by atoms with Crippen molar-refractivity contribution >= 4 is 23.0 Å². The average molecular weight is 304 g/mol. The van der Waals surface area contributed by atoms with Crippen LogP contribution in [0.2, 0.25) is 0 Å². The van der Waals surface area contributed by atoms with Crippen LogP contribution in [0.25, 0.3) is 11.1 Å². The molecule has 0 unspecified atom stereocenters. The molecule has 0 radical (unpaired) electrons. The van der Waals surface area contributed by atoms with Gasteiger partial charge in [-0.25, -0.2) is 4.79 Å². The van der Waals surface area contributed by atoms with E-state index in [1.807, 2.05) is 0 Å². The first-order valence-corrected chi connectivity index (χ1v) is 7.13. The van der Waals surface area contributed by atoms with Crippen LogP contribution in [-0.4, -0.2) is 28.6 Å². The number of carbonyl (C=O) groups is 2. The van der Waals surface area contributed by atoms with Gasteiger partial charge in [-0.3, -0.25) is 14.2 Å². The molecule has 0 spiro atoms. The van der Waals surface area contributed by atoms with Crippen LogP contribution in [0.3, 0.4) is 0 Å². The molecule has 7 nitrogen and oxygen atoms in total. The Hall–Kier alpha value is -2.57. The number of fused-ring (bicyclic) bond motifs is 1. The lowest BCUT2D eigenvalue weighted by Gasteiger charge is -2.13. The van der Waals surface area contributed by atoms with Gasteiger partial charge in [0.1, 0.15) is 6.54 Å². The Morgan fingerprint density at radius 1 is 1.41 bits per heavy atom. The Balaban J connectivity index is 1.66. The average Bonchev–Trinajstić information content (AvgIpc) is 3.24. The second-order valence-corrected chi connectivity index (χ2v) is 5.34. The number of hydrogen-bond donors (Lipinski definition) is 1. The number of para-hydroxylation sites is 2. The molecule has 1 heterocycles. The number of aromatic nitrogens is 1. The van der Waals surface area contributed by atoms with Crippen molar-refractivity contribution in [2.45, 2.75) is 38.5 Å². The van der Waals surface area contributed by atoms with Gasteiger partial charge in [-0.05, 0) is 31.9 Å². The van der Waals surface area contributed by atoms with E-state index in [1.54, 1.807) is 24.3 Å². The molecular formula is C15H16N2O5. The Bertz CT molecular complexity index is 772. The standard InChI is InChI=1S/C15H16N2O5/c1-9(14(19)16-10-6-7-10)21-13(18)8-17-11-4-2-3-5-12(11)22-15(17)20/h2-5,9-10H,6-8H2,1H3,(H,16,19)/t9-/m0/s1. The molecule has 2 aromatic rings. The SMILES string of the molecule is C[C@H](OC(=O)Cn1c(=O)oc2ccccc21)C(=O)NC1CC1. The molecule has 1 aliphatic carbocycles. The smallest absolute Gasteiger partial charge is 0.420 e. The van der Waals surface area contributed by atoms with Crippen LogP contribution in [0.1, 0.15) is 19.8 Å². The number of carbonyl (C=O) groups excluding carboxylic acids is 2. The highest BCUT2D eigenvalue weighted by Gasteiger charge is 2.27. The van der Waals surface area contributed by atoms with Crippen LogP contribution < -0.4 is 11.1 Å². The molecule has 1 amide bonds. The zero-order chi connectivity index (χ0) is 15.7. The first-order chi connectivity index (χ1) is 10.5. The van der Waals surface area contributed by atoms with Crippen molar-refractivity contribution in [3.8, 4) is 0 Å². The fourth-order valence-corrected chi connectivity index (χ4v) is 2.13. The Morgan fingerprint density at radius 2 is 2.14 bits per heavy atom. The van der Waals surface area contributed by atoms with Gasteiger partial charge >= 0.3 is 11.7 Å². The number of hydrogen-bond acceptors (Lipinski definition) is 5. The van der Waals surface area contributed by atoms with E-state index >= 15 is 0 Å². The van der Waals surface area contributed by atoms with Crippen LogP contribution in [0.4, 0.5) is 0 Å². The van der Waals surface area contributed by atoms with Gasteiger partial charge in [-0.1, -0.05) is 12.1 Å². The third-order valence-electron chi connectivity index (χ3n) is 3.46. The van der Waals surface area contributed by atoms with Gasteiger partial charge in [0.15, 0.2) is 11.7 Å². The van der Waals surface area contributed by atoms with Crippen molar-refractivity contribution in [2.75, 3.05) is 0 Å². The van der Waals surface area contributed by atoms with Crippen molar-refractivity contribution in [2.24, 2.45) is 0 Å². The van der Waals surface area contributed by atoms with Crippen LogP contribution in [0.15, 0.2) is 33.5 Å². The van der Waals surface area contributed by atoms with Crippen molar-refractivity contribution in [1.29, 1.82) is 0 Å². The monoisotopic (exact) mass is 304 g/mol. The van der Waals surface area contributed by atoms with Crippen molar-refractivity contribution in [3.05, 3.63) is 34.8 Å². The fraction of sp³-hybridized carbons (Fsp3) is 0.400. The third-order valence-corrected chi connectivity index (χ3v) is 3.46. The number of nitrogens with one attached hydrogen (secondary N) is 1. The molecule has 1 saturated carbocycles. The first-order valence-electron chi connectivity index (χ1n) is 7.13.